The number of carbonyl (C=O) groups excluding carboxylic acids is 1. The lowest BCUT2D eigenvalue weighted by Gasteiger charge is -2.08. The van der Waals surface area contributed by atoms with Gasteiger partial charge in [-0.2, -0.15) is 0 Å². The number of benzene rings is 1. The van der Waals surface area contributed by atoms with Crippen LogP contribution in [0.15, 0.2) is 30.5 Å². The highest BCUT2D eigenvalue weighted by Crippen LogP contribution is 2.28. The van der Waals surface area contributed by atoms with Crippen LogP contribution in [0.25, 0.3) is 10.9 Å². The molecule has 2 rings (SSSR count). The standard InChI is InChI=1S/C13H11ClN2O3/c14-9-3-4-10(8-2-1-7-15-13(8)9)16-11(17)5-6-12(18)19/h1-4,7H,5-6H2,(H,16,17)(H,18,19). The van der Waals surface area contributed by atoms with Crippen LogP contribution >= 0.6 is 11.6 Å². The van der Waals surface area contributed by atoms with Crippen molar-refractivity contribution in [3.63, 3.8) is 0 Å². The molecule has 1 aromatic heterocycles. The predicted molar refractivity (Wildman–Crippen MR) is 72.3 cm³/mol. The lowest BCUT2D eigenvalue weighted by molar-refractivity contribution is -0.138. The molecule has 1 heterocycles. The average molecular weight is 279 g/mol. The first-order valence-electron chi connectivity index (χ1n) is 5.63. The van der Waals surface area contributed by atoms with Crippen LogP contribution in [0.5, 0.6) is 0 Å². The summed E-state index contributed by atoms with van der Waals surface area (Å²) in [4.78, 5) is 26.2. The van der Waals surface area contributed by atoms with Crippen LogP contribution in [0.1, 0.15) is 12.8 Å². The molecule has 19 heavy (non-hydrogen) atoms. The second-order valence-electron chi connectivity index (χ2n) is 3.94. The van der Waals surface area contributed by atoms with Crippen molar-refractivity contribution in [2.45, 2.75) is 12.8 Å². The van der Waals surface area contributed by atoms with Gasteiger partial charge < -0.3 is 10.4 Å². The van der Waals surface area contributed by atoms with E-state index >= 15 is 0 Å². The fourth-order valence-electron chi connectivity index (χ4n) is 1.68. The van der Waals surface area contributed by atoms with E-state index in [1.165, 1.54) is 0 Å². The molecule has 0 radical (unpaired) electrons. The Kier molecular flexibility index (Phi) is 3.97. The highest BCUT2D eigenvalue weighted by molar-refractivity contribution is 6.35. The molecular formula is C13H11ClN2O3. The summed E-state index contributed by atoms with van der Waals surface area (Å²) in [6, 6.07) is 6.85. The third-order valence-electron chi connectivity index (χ3n) is 2.56. The van der Waals surface area contributed by atoms with Crippen molar-refractivity contribution in [1.82, 2.24) is 4.98 Å². The Balaban J connectivity index is 2.24. The van der Waals surface area contributed by atoms with E-state index in [1.54, 1.807) is 30.5 Å². The van der Waals surface area contributed by atoms with E-state index in [4.69, 9.17) is 16.7 Å². The van der Waals surface area contributed by atoms with E-state index < -0.39 is 5.97 Å². The molecule has 0 fully saturated rings. The molecule has 1 amide bonds. The normalized spacial score (nSPS) is 10.4. The van der Waals surface area contributed by atoms with Crippen molar-refractivity contribution >= 4 is 40.1 Å². The molecule has 0 saturated heterocycles. The Hall–Kier alpha value is -2.14. The number of carboxylic acids is 1. The quantitative estimate of drug-likeness (QED) is 0.901. The van der Waals surface area contributed by atoms with Gasteiger partial charge in [-0.1, -0.05) is 11.6 Å². The molecule has 0 aliphatic heterocycles. The molecule has 2 aromatic rings. The summed E-state index contributed by atoms with van der Waals surface area (Å²) >= 11 is 6.02. The Labute approximate surface area is 114 Å². The lowest BCUT2D eigenvalue weighted by atomic mass is 10.1. The maximum Gasteiger partial charge on any atom is 0.303 e. The average Bonchev–Trinajstić information content (AvgIpc) is 2.40. The van der Waals surface area contributed by atoms with Gasteiger partial charge in [0, 0.05) is 18.0 Å². The van der Waals surface area contributed by atoms with Crippen molar-refractivity contribution in [2.75, 3.05) is 5.32 Å². The fraction of sp³-hybridized carbons (Fsp3) is 0.154. The Morgan fingerprint density at radius 3 is 2.79 bits per heavy atom. The van der Waals surface area contributed by atoms with Crippen LogP contribution in [0.3, 0.4) is 0 Å². The maximum absolute atomic E-state index is 11.6. The van der Waals surface area contributed by atoms with Gasteiger partial charge in [-0.05, 0) is 24.3 Å². The number of halogens is 1. The van der Waals surface area contributed by atoms with Gasteiger partial charge in [0.15, 0.2) is 0 Å². The van der Waals surface area contributed by atoms with Gasteiger partial charge in [-0.3, -0.25) is 14.6 Å². The van der Waals surface area contributed by atoms with E-state index in [0.29, 0.717) is 16.2 Å². The van der Waals surface area contributed by atoms with Gasteiger partial charge in [0.05, 0.1) is 22.6 Å². The number of anilines is 1. The number of amides is 1. The van der Waals surface area contributed by atoms with Crippen molar-refractivity contribution in [2.24, 2.45) is 0 Å². The van der Waals surface area contributed by atoms with Crippen LogP contribution in [0.2, 0.25) is 5.02 Å². The van der Waals surface area contributed by atoms with E-state index in [-0.39, 0.29) is 18.7 Å². The first kappa shape index (κ1) is 13.3. The van der Waals surface area contributed by atoms with Gasteiger partial charge in [0.1, 0.15) is 0 Å². The number of hydrogen-bond acceptors (Lipinski definition) is 3. The van der Waals surface area contributed by atoms with Crippen LogP contribution in [-0.4, -0.2) is 22.0 Å². The molecule has 1 aromatic carbocycles. The van der Waals surface area contributed by atoms with Gasteiger partial charge in [-0.15, -0.1) is 0 Å². The number of fused-ring (bicyclic) bond motifs is 1. The molecule has 98 valence electrons. The summed E-state index contributed by atoms with van der Waals surface area (Å²) in [6.07, 6.45) is 1.35. The predicted octanol–water partition coefficient (Wildman–Crippen LogP) is 2.69. The highest BCUT2D eigenvalue weighted by Gasteiger charge is 2.09. The van der Waals surface area contributed by atoms with Crippen LogP contribution < -0.4 is 5.32 Å². The molecule has 6 heteroatoms. The molecule has 0 atom stereocenters. The van der Waals surface area contributed by atoms with Crippen LogP contribution in [0, 0.1) is 0 Å². The molecule has 0 spiro atoms. The van der Waals surface area contributed by atoms with Crippen molar-refractivity contribution in [3.8, 4) is 0 Å². The van der Waals surface area contributed by atoms with Gasteiger partial charge >= 0.3 is 5.97 Å². The zero-order valence-electron chi connectivity index (χ0n) is 9.89. The fourth-order valence-corrected chi connectivity index (χ4v) is 1.89. The summed E-state index contributed by atoms with van der Waals surface area (Å²) in [5.41, 5.74) is 1.17. The van der Waals surface area contributed by atoms with E-state index in [0.717, 1.165) is 5.39 Å². The SMILES string of the molecule is O=C(O)CCC(=O)Nc1ccc(Cl)c2ncccc12. The second-order valence-corrected chi connectivity index (χ2v) is 4.34. The summed E-state index contributed by atoms with van der Waals surface area (Å²) in [5.74, 6) is -1.35. The topological polar surface area (TPSA) is 79.3 Å². The van der Waals surface area contributed by atoms with E-state index in [1.807, 2.05) is 0 Å². The molecule has 5 nitrogen and oxygen atoms in total. The Morgan fingerprint density at radius 2 is 2.05 bits per heavy atom. The minimum absolute atomic E-state index is 0.0697. The van der Waals surface area contributed by atoms with Gasteiger partial charge in [0.2, 0.25) is 5.91 Å². The van der Waals surface area contributed by atoms with E-state index in [2.05, 4.69) is 10.3 Å². The van der Waals surface area contributed by atoms with Crippen molar-refractivity contribution in [1.29, 1.82) is 0 Å². The molecule has 0 aliphatic rings. The number of nitrogens with one attached hydrogen (secondary N) is 1. The van der Waals surface area contributed by atoms with Crippen LogP contribution in [-0.2, 0) is 9.59 Å². The summed E-state index contributed by atoms with van der Waals surface area (Å²) < 4.78 is 0. The second kappa shape index (κ2) is 5.67. The number of carbonyl (C=O) groups is 2. The maximum atomic E-state index is 11.6. The van der Waals surface area contributed by atoms with Crippen molar-refractivity contribution in [3.05, 3.63) is 35.5 Å². The number of aliphatic carboxylic acids is 1. The molecule has 0 aliphatic carbocycles. The Bertz CT molecular complexity index is 643. The molecular weight excluding hydrogens is 268 g/mol. The van der Waals surface area contributed by atoms with Crippen molar-refractivity contribution < 1.29 is 14.7 Å². The molecule has 0 bridgehead atoms. The zero-order valence-corrected chi connectivity index (χ0v) is 10.6. The smallest absolute Gasteiger partial charge is 0.303 e. The summed E-state index contributed by atoms with van der Waals surface area (Å²) in [5, 5.41) is 12.4. The first-order valence-corrected chi connectivity index (χ1v) is 6.00. The molecule has 0 saturated carbocycles. The number of aromatic nitrogens is 1. The Morgan fingerprint density at radius 1 is 1.26 bits per heavy atom. The lowest BCUT2D eigenvalue weighted by Crippen LogP contribution is -2.13. The number of carboxylic acid groups (broad SMARTS) is 1. The summed E-state index contributed by atoms with van der Waals surface area (Å²) in [6.45, 7) is 0. The zero-order chi connectivity index (χ0) is 13.8. The van der Waals surface area contributed by atoms with Gasteiger partial charge in [-0.25, -0.2) is 0 Å². The third kappa shape index (κ3) is 3.20. The molecule has 0 unspecified atom stereocenters. The largest absolute Gasteiger partial charge is 0.481 e. The van der Waals surface area contributed by atoms with E-state index in [9.17, 15) is 9.59 Å². The minimum atomic E-state index is -1.00. The first-order chi connectivity index (χ1) is 9.08. The number of pyridine rings is 1. The van der Waals surface area contributed by atoms with Crippen LogP contribution in [0.4, 0.5) is 5.69 Å². The minimum Gasteiger partial charge on any atom is -0.481 e. The number of nitrogens with zero attached hydrogens (tertiary/aromatic N) is 1. The van der Waals surface area contributed by atoms with Gasteiger partial charge in [0.25, 0.3) is 0 Å². The third-order valence-corrected chi connectivity index (χ3v) is 2.87. The summed E-state index contributed by atoms with van der Waals surface area (Å²) in [7, 11) is 0. The monoisotopic (exact) mass is 278 g/mol. The number of hydrogen-bond donors (Lipinski definition) is 2. The highest BCUT2D eigenvalue weighted by atomic mass is 35.5. The molecule has 2 N–H and O–H groups in total. The number of rotatable bonds is 4.